The highest BCUT2D eigenvalue weighted by molar-refractivity contribution is 7.17. The molecule has 0 unspecified atom stereocenters. The van der Waals surface area contributed by atoms with Gasteiger partial charge in [0.1, 0.15) is 10.7 Å². The number of aliphatic hydroxyl groups excluding tert-OH is 1. The topological polar surface area (TPSA) is 78.5 Å². The highest BCUT2D eigenvalue weighted by atomic mass is 35.5. The number of ether oxygens (including phenoxy) is 1. The maximum atomic E-state index is 12.9. The van der Waals surface area contributed by atoms with Crippen LogP contribution in [-0.2, 0) is 11.3 Å². The number of aliphatic hydroxyl groups is 1. The van der Waals surface area contributed by atoms with Gasteiger partial charge >= 0.3 is 0 Å². The first-order valence-corrected chi connectivity index (χ1v) is 11.8. The van der Waals surface area contributed by atoms with E-state index in [9.17, 15) is 9.90 Å². The molecule has 0 fully saturated rings. The van der Waals surface area contributed by atoms with Crippen LogP contribution in [0.3, 0.4) is 0 Å². The van der Waals surface area contributed by atoms with E-state index in [1.54, 1.807) is 0 Å². The van der Waals surface area contributed by atoms with Gasteiger partial charge in [0.25, 0.3) is 5.56 Å². The second-order valence-electron chi connectivity index (χ2n) is 8.45. The number of thiophene rings is 1. The van der Waals surface area contributed by atoms with Gasteiger partial charge in [0.2, 0.25) is 0 Å². The number of aromatic amines is 1. The third kappa shape index (κ3) is 6.37. The first-order chi connectivity index (χ1) is 14.7. The van der Waals surface area contributed by atoms with Gasteiger partial charge in [0.15, 0.2) is 0 Å². The summed E-state index contributed by atoms with van der Waals surface area (Å²) in [5.74, 6) is 0.991. The van der Waals surface area contributed by atoms with E-state index in [0.29, 0.717) is 40.1 Å². The summed E-state index contributed by atoms with van der Waals surface area (Å²) in [6.07, 6.45) is -0.537. The van der Waals surface area contributed by atoms with Crippen LogP contribution in [0, 0.1) is 5.92 Å². The minimum atomic E-state index is -0.606. The first kappa shape index (κ1) is 23.9. The van der Waals surface area contributed by atoms with Crippen molar-refractivity contribution in [1.29, 1.82) is 0 Å². The zero-order chi connectivity index (χ0) is 22.5. The van der Waals surface area contributed by atoms with E-state index in [1.807, 2.05) is 43.5 Å². The normalized spacial score (nSPS) is 13.1. The molecule has 0 spiro atoms. The molecule has 0 aliphatic heterocycles. The van der Waals surface area contributed by atoms with Crippen LogP contribution in [-0.4, -0.2) is 51.9 Å². The summed E-state index contributed by atoms with van der Waals surface area (Å²) in [6.45, 7) is 10.1. The molecule has 1 atom stereocenters. The number of fused-ring (bicyclic) bond motifs is 1. The molecular formula is C23H30ClN3O3S. The van der Waals surface area contributed by atoms with Gasteiger partial charge in [-0.05, 0) is 25.8 Å². The van der Waals surface area contributed by atoms with E-state index in [4.69, 9.17) is 21.3 Å². The molecule has 168 valence electrons. The highest BCUT2D eigenvalue weighted by Crippen LogP contribution is 2.34. The van der Waals surface area contributed by atoms with Gasteiger partial charge in [0, 0.05) is 34.6 Å². The molecule has 6 nitrogen and oxygen atoms in total. The van der Waals surface area contributed by atoms with Crippen LogP contribution < -0.4 is 5.56 Å². The lowest BCUT2D eigenvalue weighted by molar-refractivity contribution is -0.0111. The lowest BCUT2D eigenvalue weighted by Gasteiger charge is -2.26. The van der Waals surface area contributed by atoms with Crippen molar-refractivity contribution in [2.24, 2.45) is 5.92 Å². The maximum Gasteiger partial charge on any atom is 0.260 e. The standard InChI is InChI=1S/C23H30ClN3O3S/c1-14(2)9-27(10-16(28)12-30-15(3)4)11-20-25-22(29)21-18(13-31-23(21)26-20)17-7-5-6-8-19(17)24/h5-8,13-16,28H,9-12H2,1-4H3,(H,25,26,29)/t16-/m0/s1. The Morgan fingerprint density at radius 3 is 2.61 bits per heavy atom. The van der Waals surface area contributed by atoms with E-state index < -0.39 is 6.10 Å². The third-order valence-electron chi connectivity index (χ3n) is 4.74. The summed E-state index contributed by atoms with van der Waals surface area (Å²) >= 11 is 7.78. The second kappa shape index (κ2) is 10.7. The number of halogens is 1. The molecule has 0 saturated carbocycles. The van der Waals surface area contributed by atoms with Crippen molar-refractivity contribution < 1.29 is 9.84 Å². The summed E-state index contributed by atoms with van der Waals surface area (Å²) in [6, 6.07) is 7.49. The van der Waals surface area contributed by atoms with Crippen LogP contribution in [0.1, 0.15) is 33.5 Å². The molecule has 2 N–H and O–H groups in total. The summed E-state index contributed by atoms with van der Waals surface area (Å²) in [7, 11) is 0. The molecule has 0 amide bonds. The fourth-order valence-electron chi connectivity index (χ4n) is 3.53. The predicted molar refractivity (Wildman–Crippen MR) is 128 cm³/mol. The van der Waals surface area contributed by atoms with Crippen molar-refractivity contribution in [3.8, 4) is 11.1 Å². The number of benzene rings is 1. The molecule has 0 bridgehead atoms. The van der Waals surface area contributed by atoms with Gasteiger partial charge in [-0.2, -0.15) is 0 Å². The van der Waals surface area contributed by atoms with E-state index in [-0.39, 0.29) is 18.3 Å². The second-order valence-corrected chi connectivity index (χ2v) is 9.71. The Morgan fingerprint density at radius 1 is 1.19 bits per heavy atom. The number of nitrogens with zero attached hydrogens (tertiary/aromatic N) is 2. The van der Waals surface area contributed by atoms with Crippen molar-refractivity contribution in [3.05, 3.63) is 50.8 Å². The van der Waals surface area contributed by atoms with Gasteiger partial charge < -0.3 is 14.8 Å². The molecule has 0 radical (unpaired) electrons. The smallest absolute Gasteiger partial charge is 0.260 e. The van der Waals surface area contributed by atoms with E-state index >= 15 is 0 Å². The monoisotopic (exact) mass is 463 g/mol. The summed E-state index contributed by atoms with van der Waals surface area (Å²) in [5.41, 5.74) is 1.45. The molecule has 0 saturated heterocycles. The Kier molecular flexibility index (Phi) is 8.24. The Hall–Kier alpha value is -1.77. The molecule has 0 aliphatic rings. The van der Waals surface area contributed by atoms with Crippen molar-refractivity contribution in [1.82, 2.24) is 14.9 Å². The van der Waals surface area contributed by atoms with Gasteiger partial charge in [-0.25, -0.2) is 4.98 Å². The molecule has 31 heavy (non-hydrogen) atoms. The van der Waals surface area contributed by atoms with E-state index in [2.05, 4.69) is 23.7 Å². The van der Waals surface area contributed by atoms with Crippen LogP contribution in [0.2, 0.25) is 5.02 Å². The van der Waals surface area contributed by atoms with Crippen LogP contribution in [0.4, 0.5) is 0 Å². The van der Waals surface area contributed by atoms with Crippen molar-refractivity contribution in [3.63, 3.8) is 0 Å². The minimum Gasteiger partial charge on any atom is -0.389 e. The van der Waals surface area contributed by atoms with Crippen LogP contribution in [0.5, 0.6) is 0 Å². The molecule has 3 rings (SSSR count). The van der Waals surface area contributed by atoms with E-state index in [1.165, 1.54) is 11.3 Å². The highest BCUT2D eigenvalue weighted by Gasteiger charge is 2.18. The molecule has 1 aromatic carbocycles. The lowest BCUT2D eigenvalue weighted by Crippen LogP contribution is -2.38. The number of hydrogen-bond acceptors (Lipinski definition) is 6. The quantitative estimate of drug-likeness (QED) is 0.461. The maximum absolute atomic E-state index is 12.9. The molecule has 8 heteroatoms. The van der Waals surface area contributed by atoms with E-state index in [0.717, 1.165) is 17.7 Å². The Balaban J connectivity index is 1.84. The average Bonchev–Trinajstić information content (AvgIpc) is 3.10. The Morgan fingerprint density at radius 2 is 1.94 bits per heavy atom. The van der Waals surface area contributed by atoms with Crippen molar-refractivity contribution in [2.75, 3.05) is 19.7 Å². The molecule has 2 heterocycles. The Bertz CT molecular complexity index is 1060. The predicted octanol–water partition coefficient (Wildman–Crippen LogP) is 4.55. The van der Waals surface area contributed by atoms with Gasteiger partial charge in [-0.1, -0.05) is 43.6 Å². The summed E-state index contributed by atoms with van der Waals surface area (Å²) in [5, 5.41) is 13.5. The zero-order valence-corrected chi connectivity index (χ0v) is 20.0. The summed E-state index contributed by atoms with van der Waals surface area (Å²) < 4.78 is 5.53. The van der Waals surface area contributed by atoms with Crippen molar-refractivity contribution >= 4 is 33.2 Å². The third-order valence-corrected chi connectivity index (χ3v) is 5.95. The molecule has 0 aliphatic carbocycles. The molecule has 2 aromatic heterocycles. The van der Waals surface area contributed by atoms with Crippen LogP contribution in [0.15, 0.2) is 34.4 Å². The largest absolute Gasteiger partial charge is 0.389 e. The van der Waals surface area contributed by atoms with Crippen LogP contribution >= 0.6 is 22.9 Å². The first-order valence-electron chi connectivity index (χ1n) is 10.5. The van der Waals surface area contributed by atoms with Gasteiger partial charge in [0.05, 0.1) is 30.7 Å². The SMILES string of the molecule is CC(C)CN(Cc1nc2scc(-c3ccccc3Cl)c2c(=O)[nH]1)C[C@H](O)COC(C)C. The summed E-state index contributed by atoms with van der Waals surface area (Å²) in [4.78, 5) is 23.4. The number of nitrogens with one attached hydrogen (secondary N) is 1. The van der Waals surface area contributed by atoms with Gasteiger partial charge in [-0.15, -0.1) is 11.3 Å². The van der Waals surface area contributed by atoms with Crippen LogP contribution in [0.25, 0.3) is 21.3 Å². The molecule has 3 aromatic rings. The number of rotatable bonds is 10. The zero-order valence-electron chi connectivity index (χ0n) is 18.4. The van der Waals surface area contributed by atoms with Crippen molar-refractivity contribution in [2.45, 2.75) is 46.4 Å². The Labute approximate surface area is 191 Å². The fourth-order valence-corrected chi connectivity index (χ4v) is 4.73. The van der Waals surface area contributed by atoms with Gasteiger partial charge in [-0.3, -0.25) is 9.69 Å². The minimum absolute atomic E-state index is 0.0692. The average molecular weight is 464 g/mol. The molecular weight excluding hydrogens is 434 g/mol. The number of H-pyrrole nitrogens is 1. The number of aromatic nitrogens is 2. The lowest BCUT2D eigenvalue weighted by atomic mass is 10.1. The number of hydrogen-bond donors (Lipinski definition) is 2. The fraction of sp³-hybridized carbons (Fsp3) is 0.478.